The average Bonchev–Trinajstić information content (AvgIpc) is 1.65. The third-order valence-corrected chi connectivity index (χ3v) is 1.52. The Labute approximate surface area is 51.6 Å². The monoisotopic (exact) mass is 129 g/mol. The van der Waals surface area contributed by atoms with Gasteiger partial charge >= 0.3 is 0 Å². The molecule has 1 atom stereocenters. The molecule has 0 aromatic rings. The highest BCUT2D eigenvalue weighted by Crippen LogP contribution is 2.02. The molecule has 0 rings (SSSR count). The van der Waals surface area contributed by atoms with Gasteiger partial charge in [-0.05, 0) is 0 Å². The molecule has 0 heterocycles. The lowest BCUT2D eigenvalue weighted by molar-refractivity contribution is -0.110. The topological polar surface area (TPSA) is 17.1 Å². The second kappa shape index (κ2) is 3.04. The number of allylic oxidation sites excluding steroid dienone is 1. The van der Waals surface area contributed by atoms with Crippen LogP contribution in [0.4, 0.5) is 0 Å². The summed E-state index contributed by atoms with van der Waals surface area (Å²) in [6, 6.07) is 0. The highest BCUT2D eigenvalue weighted by molar-refractivity contribution is 7.96. The van der Waals surface area contributed by atoms with Crippen LogP contribution in [0.15, 0.2) is 12.7 Å². The molecule has 0 N–H and O–H groups in total. The van der Waals surface area contributed by atoms with Crippen LogP contribution in [-0.2, 0) is 4.79 Å². The first-order valence-electron chi connectivity index (χ1n) is 1.75. The Morgan fingerprint density at radius 1 is 2.00 bits per heavy atom. The number of carbonyl (C=O) groups is 1. The maximum Gasteiger partial charge on any atom is 0.189 e. The van der Waals surface area contributed by atoms with Crippen LogP contribution in [0.2, 0.25) is 5.54 Å². The van der Waals surface area contributed by atoms with Crippen molar-refractivity contribution in [1.82, 2.24) is 0 Å². The second-order valence-electron chi connectivity index (χ2n) is 1.05. The van der Waals surface area contributed by atoms with Crippen molar-refractivity contribution in [2.45, 2.75) is 5.54 Å². The lowest BCUT2D eigenvalue weighted by atomic mass is 10.4. The summed E-state index contributed by atoms with van der Waals surface area (Å²) in [4.78, 5) is 10.1. The van der Waals surface area contributed by atoms with Gasteiger partial charge in [-0.15, -0.1) is 19.2 Å². The number of thiol groups is 1. The maximum atomic E-state index is 10.1. The van der Waals surface area contributed by atoms with E-state index in [2.05, 4.69) is 29.5 Å². The first kappa shape index (κ1) is 6.98. The number of rotatable bonds is 2. The zero-order valence-corrected chi connectivity index (χ0v) is 5.61. The van der Waals surface area contributed by atoms with E-state index in [1.165, 1.54) is 6.08 Å². The molecule has 0 aromatic heterocycles. The van der Waals surface area contributed by atoms with E-state index in [-0.39, 0.29) is 10.7 Å². The van der Waals surface area contributed by atoms with Crippen LogP contribution in [0.25, 0.3) is 0 Å². The van der Waals surface area contributed by atoms with Gasteiger partial charge in [0, 0.05) is 15.8 Å². The molecule has 0 saturated heterocycles. The van der Waals surface area contributed by atoms with Crippen LogP contribution in [0.3, 0.4) is 0 Å². The number of hydrogen-bond donors (Lipinski definition) is 1. The molecule has 0 amide bonds. The second-order valence-corrected chi connectivity index (χ2v) is 2.11. The van der Waals surface area contributed by atoms with Gasteiger partial charge in [-0.1, -0.05) is 6.08 Å². The quantitative estimate of drug-likeness (QED) is 0.328. The van der Waals surface area contributed by atoms with Crippen molar-refractivity contribution < 1.29 is 4.79 Å². The number of hydrogen-bond acceptors (Lipinski definition) is 1. The fraction of sp³-hybridized carbons (Fsp3) is 0.250. The van der Waals surface area contributed by atoms with E-state index in [1.807, 2.05) is 0 Å². The molecule has 0 aromatic carbocycles. The molecular weight excluding hydrogens is 124 g/mol. The molecule has 0 aliphatic heterocycles. The molecule has 0 aliphatic rings. The standard InChI is InChI=1S/C4H5OSSi/c1-2-3(7)4(5)6/h2-3H,1H2,(H,5,6). The average molecular weight is 129 g/mol. The van der Waals surface area contributed by atoms with Crippen LogP contribution in [-0.4, -0.2) is 15.4 Å². The molecule has 3 heteroatoms. The molecule has 7 heavy (non-hydrogen) atoms. The van der Waals surface area contributed by atoms with E-state index < -0.39 is 0 Å². The van der Waals surface area contributed by atoms with Gasteiger partial charge in [0.2, 0.25) is 0 Å². The largest absolute Gasteiger partial charge is 0.287 e. The van der Waals surface area contributed by atoms with E-state index in [9.17, 15) is 4.79 Å². The molecule has 0 spiro atoms. The summed E-state index contributed by atoms with van der Waals surface area (Å²) in [5.41, 5.74) is -0.302. The highest BCUT2D eigenvalue weighted by atomic mass is 32.1. The molecule has 0 aliphatic carbocycles. The molecule has 1 unspecified atom stereocenters. The van der Waals surface area contributed by atoms with Crippen molar-refractivity contribution >= 4 is 28.0 Å². The Morgan fingerprint density at radius 3 is 2.43 bits per heavy atom. The third kappa shape index (κ3) is 2.65. The normalized spacial score (nSPS) is 12.9. The van der Waals surface area contributed by atoms with Gasteiger partial charge in [0.25, 0.3) is 0 Å². The lowest BCUT2D eigenvalue weighted by Crippen LogP contribution is -1.95. The smallest absolute Gasteiger partial charge is 0.189 e. The molecule has 0 fully saturated rings. The predicted octanol–water partition coefficient (Wildman–Crippen LogP) is 0.586. The predicted molar refractivity (Wildman–Crippen MR) is 33.7 cm³/mol. The van der Waals surface area contributed by atoms with E-state index in [1.54, 1.807) is 0 Å². The van der Waals surface area contributed by atoms with Gasteiger partial charge in [-0.25, -0.2) is 0 Å². The molecule has 37 valence electrons. The van der Waals surface area contributed by atoms with E-state index in [0.29, 0.717) is 0 Å². The van der Waals surface area contributed by atoms with Gasteiger partial charge < -0.3 is 0 Å². The first-order valence-corrected chi connectivity index (χ1v) is 2.77. The van der Waals surface area contributed by atoms with Crippen LogP contribution >= 0.6 is 12.6 Å². The maximum absolute atomic E-state index is 10.1. The zero-order valence-electron chi connectivity index (χ0n) is 3.72. The summed E-state index contributed by atoms with van der Waals surface area (Å²) >= 11 is 3.51. The summed E-state index contributed by atoms with van der Waals surface area (Å²) in [7, 11) is 3.04. The molecular formula is C4H5OSSi. The molecule has 1 nitrogen and oxygen atoms in total. The van der Waals surface area contributed by atoms with Crippen molar-refractivity contribution in [2.24, 2.45) is 0 Å². The van der Waals surface area contributed by atoms with Gasteiger partial charge in [0.05, 0.1) is 0 Å². The minimum Gasteiger partial charge on any atom is -0.287 e. The SMILES string of the molecule is C=CC([Si])C(=O)S. The fourth-order valence-corrected chi connectivity index (χ4v) is 0.206. The summed E-state index contributed by atoms with van der Waals surface area (Å²) in [5.74, 6) is 0. The summed E-state index contributed by atoms with van der Waals surface area (Å²) < 4.78 is 0. The summed E-state index contributed by atoms with van der Waals surface area (Å²) in [5, 5.41) is -0.216. The van der Waals surface area contributed by atoms with Crippen molar-refractivity contribution in [1.29, 1.82) is 0 Å². The molecule has 0 saturated carbocycles. The van der Waals surface area contributed by atoms with E-state index in [0.717, 1.165) is 0 Å². The van der Waals surface area contributed by atoms with Gasteiger partial charge in [0.1, 0.15) is 0 Å². The van der Waals surface area contributed by atoms with Gasteiger partial charge in [-0.3, -0.25) is 4.79 Å². The van der Waals surface area contributed by atoms with Crippen LogP contribution in [0, 0.1) is 0 Å². The Hall–Kier alpha value is -0.0231. The minimum atomic E-state index is -0.302. The summed E-state index contributed by atoms with van der Waals surface area (Å²) in [6.07, 6.45) is 1.48. The Balaban J connectivity index is 3.55. The Morgan fingerprint density at radius 2 is 2.43 bits per heavy atom. The minimum absolute atomic E-state index is 0.216. The van der Waals surface area contributed by atoms with Gasteiger partial charge in [0.15, 0.2) is 5.12 Å². The van der Waals surface area contributed by atoms with Crippen molar-refractivity contribution in [2.75, 3.05) is 0 Å². The lowest BCUT2D eigenvalue weighted by Gasteiger charge is -1.92. The van der Waals surface area contributed by atoms with Crippen LogP contribution < -0.4 is 0 Å². The van der Waals surface area contributed by atoms with Crippen molar-refractivity contribution in [3.05, 3.63) is 12.7 Å². The molecule has 3 radical (unpaired) electrons. The third-order valence-electron chi connectivity index (χ3n) is 0.502. The highest BCUT2D eigenvalue weighted by Gasteiger charge is 1.99. The zero-order chi connectivity index (χ0) is 5.86. The van der Waals surface area contributed by atoms with E-state index >= 15 is 0 Å². The fourth-order valence-electron chi connectivity index (χ4n) is 0.101. The number of carbonyl (C=O) groups excluding carboxylic acids is 1. The van der Waals surface area contributed by atoms with Crippen molar-refractivity contribution in [3.8, 4) is 0 Å². The van der Waals surface area contributed by atoms with Crippen LogP contribution in [0.5, 0.6) is 0 Å². The van der Waals surface area contributed by atoms with Crippen molar-refractivity contribution in [3.63, 3.8) is 0 Å². The molecule has 0 bridgehead atoms. The van der Waals surface area contributed by atoms with Crippen LogP contribution in [0.1, 0.15) is 0 Å². The Bertz CT molecular complexity index is 91.7. The van der Waals surface area contributed by atoms with E-state index in [4.69, 9.17) is 0 Å². The first-order chi connectivity index (χ1) is 3.18. The Kier molecular flexibility index (Phi) is 3.03. The summed E-state index contributed by atoms with van der Waals surface area (Å²) in [6.45, 7) is 3.36. The van der Waals surface area contributed by atoms with Gasteiger partial charge in [-0.2, -0.15) is 0 Å².